The van der Waals surface area contributed by atoms with Gasteiger partial charge in [-0.1, -0.05) is 12.1 Å². The van der Waals surface area contributed by atoms with Crippen molar-refractivity contribution in [3.05, 3.63) is 29.3 Å². The lowest BCUT2D eigenvalue weighted by atomic mass is 9.36. The Morgan fingerprint density at radius 3 is 3.04 bits per heavy atom. The van der Waals surface area contributed by atoms with Gasteiger partial charge in [-0.25, -0.2) is 0 Å². The molecule has 2 spiro atoms. The van der Waals surface area contributed by atoms with Gasteiger partial charge >= 0.3 is 0 Å². The van der Waals surface area contributed by atoms with Gasteiger partial charge in [0, 0.05) is 34.3 Å². The number of ether oxygens (including phenoxy) is 1. The molecule has 0 amide bonds. The Bertz CT molecular complexity index is 773. The van der Waals surface area contributed by atoms with E-state index in [0.29, 0.717) is 17.7 Å². The smallest absolute Gasteiger partial charge is 0.133 e. The van der Waals surface area contributed by atoms with Crippen LogP contribution in [0.3, 0.4) is 0 Å². The second kappa shape index (κ2) is 4.07. The third kappa shape index (κ3) is 1.23. The zero-order valence-electron chi connectivity index (χ0n) is 14.5. The van der Waals surface area contributed by atoms with Crippen LogP contribution in [0.1, 0.15) is 43.7 Å². The third-order valence-corrected chi connectivity index (χ3v) is 8.56. The number of nitrogens with zero attached hydrogens (tertiary/aromatic N) is 1. The summed E-state index contributed by atoms with van der Waals surface area (Å²) in [6.45, 7) is 2.97. The number of hydrogen-bond donors (Lipinski definition) is 0. The van der Waals surface area contributed by atoms with Crippen LogP contribution >= 0.6 is 0 Å². The fraction of sp³-hybridized carbons (Fsp3) is 0.667. The normalized spacial score (nSPS) is 47.2. The van der Waals surface area contributed by atoms with Gasteiger partial charge in [-0.3, -0.25) is 4.79 Å². The zero-order valence-corrected chi connectivity index (χ0v) is 14.5. The van der Waals surface area contributed by atoms with Crippen LogP contribution in [0.15, 0.2) is 18.2 Å². The number of benzene rings is 1. The molecule has 1 aromatic rings. The topological polar surface area (TPSA) is 29.5 Å². The Balaban J connectivity index is 1.67. The van der Waals surface area contributed by atoms with Gasteiger partial charge in [0.05, 0.1) is 0 Å². The van der Waals surface area contributed by atoms with Crippen molar-refractivity contribution in [1.82, 2.24) is 4.90 Å². The monoisotopic (exact) mass is 323 g/mol. The summed E-state index contributed by atoms with van der Waals surface area (Å²) in [4.78, 5) is 15.0. The molecule has 6 aliphatic rings. The summed E-state index contributed by atoms with van der Waals surface area (Å²) in [6.07, 6.45) is 6.12. The Hall–Kier alpha value is -1.35. The van der Waals surface area contributed by atoms with Gasteiger partial charge in [0.2, 0.25) is 0 Å². The molecule has 1 aromatic carbocycles. The fourth-order valence-corrected chi connectivity index (χ4v) is 7.81. The van der Waals surface area contributed by atoms with E-state index in [9.17, 15) is 4.79 Å². The molecule has 4 bridgehead atoms. The summed E-state index contributed by atoms with van der Waals surface area (Å²) in [6, 6.07) is 7.25. The minimum atomic E-state index is 0.184. The molecule has 1 saturated heterocycles. The number of fused-ring (bicyclic) bond motifs is 2. The van der Waals surface area contributed by atoms with Crippen LogP contribution in [0.25, 0.3) is 0 Å². The average Bonchev–Trinajstić information content (AvgIpc) is 2.93. The first-order chi connectivity index (χ1) is 11.6. The molecule has 3 nitrogen and oxygen atoms in total. The summed E-state index contributed by atoms with van der Waals surface area (Å²) < 4.78 is 6.65. The number of Topliss-reactive ketones (excluding diaryl/α,β-unsaturated/α-hetero) is 1. The van der Waals surface area contributed by atoms with E-state index < -0.39 is 0 Å². The molecule has 2 aliphatic heterocycles. The van der Waals surface area contributed by atoms with E-state index in [1.807, 2.05) is 6.92 Å². The molecular weight excluding hydrogens is 298 g/mol. The molecule has 3 unspecified atom stereocenters. The quantitative estimate of drug-likeness (QED) is 0.796. The van der Waals surface area contributed by atoms with Crippen LogP contribution in [-0.2, 0) is 16.6 Å². The second-order valence-corrected chi connectivity index (χ2v) is 9.03. The number of likely N-dealkylation sites (N-methyl/N-ethyl adjacent to an activating group) is 1. The molecule has 4 fully saturated rings. The first-order valence-corrected chi connectivity index (χ1v) is 9.58. The van der Waals surface area contributed by atoms with E-state index in [4.69, 9.17) is 4.74 Å². The lowest BCUT2D eigenvalue weighted by Gasteiger charge is -2.71. The van der Waals surface area contributed by atoms with Crippen LogP contribution in [0, 0.1) is 17.3 Å². The third-order valence-electron chi connectivity index (χ3n) is 8.56. The SMILES string of the molecule is CC(=O)C1CC23CCC1[C@@H]1Oc4cccc5c4[C@@]12CCN(C)[C@@H]3C5. The van der Waals surface area contributed by atoms with Crippen LogP contribution in [0.2, 0.25) is 0 Å². The Morgan fingerprint density at radius 2 is 2.21 bits per heavy atom. The first kappa shape index (κ1) is 13.9. The van der Waals surface area contributed by atoms with Crippen LogP contribution in [0.5, 0.6) is 5.75 Å². The van der Waals surface area contributed by atoms with Crippen molar-refractivity contribution in [3.63, 3.8) is 0 Å². The highest BCUT2D eigenvalue weighted by atomic mass is 16.5. The number of likely N-dealkylation sites (tertiary alicyclic amines) is 1. The Morgan fingerprint density at radius 1 is 1.33 bits per heavy atom. The zero-order chi connectivity index (χ0) is 16.3. The van der Waals surface area contributed by atoms with Crippen molar-refractivity contribution < 1.29 is 9.53 Å². The predicted molar refractivity (Wildman–Crippen MR) is 91.2 cm³/mol. The van der Waals surface area contributed by atoms with Crippen LogP contribution < -0.4 is 4.74 Å². The lowest BCUT2D eigenvalue weighted by Crippen LogP contribution is -2.75. The molecule has 6 atom stereocenters. The van der Waals surface area contributed by atoms with Gasteiger partial charge in [0.25, 0.3) is 0 Å². The van der Waals surface area contributed by atoms with Crippen molar-refractivity contribution in [2.75, 3.05) is 13.6 Å². The second-order valence-electron chi connectivity index (χ2n) is 9.03. The van der Waals surface area contributed by atoms with E-state index in [1.165, 1.54) is 24.8 Å². The van der Waals surface area contributed by atoms with Crippen molar-refractivity contribution in [2.45, 2.75) is 56.6 Å². The Labute approximate surface area is 143 Å². The van der Waals surface area contributed by atoms with Gasteiger partial charge in [-0.2, -0.15) is 0 Å². The number of ketones is 1. The maximum absolute atomic E-state index is 12.5. The highest BCUT2D eigenvalue weighted by Gasteiger charge is 2.75. The minimum absolute atomic E-state index is 0.184. The molecule has 7 rings (SSSR count). The molecule has 0 radical (unpaired) electrons. The molecule has 2 heterocycles. The summed E-state index contributed by atoms with van der Waals surface area (Å²) >= 11 is 0. The van der Waals surface area contributed by atoms with E-state index >= 15 is 0 Å². The number of carbonyl (C=O) groups is 1. The molecule has 0 aromatic heterocycles. The van der Waals surface area contributed by atoms with Gasteiger partial charge in [0.15, 0.2) is 0 Å². The van der Waals surface area contributed by atoms with Crippen LogP contribution in [0.4, 0.5) is 0 Å². The van der Waals surface area contributed by atoms with Gasteiger partial charge in [0.1, 0.15) is 17.6 Å². The highest BCUT2D eigenvalue weighted by Crippen LogP contribution is 2.74. The van der Waals surface area contributed by atoms with Crippen LogP contribution in [-0.4, -0.2) is 36.4 Å². The van der Waals surface area contributed by atoms with Gasteiger partial charge in [-0.05, 0) is 64.3 Å². The number of piperidine rings is 1. The lowest BCUT2D eigenvalue weighted by molar-refractivity contribution is -0.196. The van der Waals surface area contributed by atoms with Gasteiger partial charge < -0.3 is 9.64 Å². The van der Waals surface area contributed by atoms with Crippen molar-refractivity contribution >= 4 is 5.78 Å². The molecule has 3 saturated carbocycles. The molecule has 126 valence electrons. The summed E-state index contributed by atoms with van der Waals surface area (Å²) in [5, 5.41) is 0. The largest absolute Gasteiger partial charge is 0.489 e. The standard InChI is InChI=1S/C21H25NO2/c1-12(23)15-11-20-7-6-14(15)19-21(20)8-9-22(2)17(20)10-13-4-3-5-16(24-19)18(13)21/h3-5,14-15,17,19H,6-11H2,1-2H3/t14?,15?,17-,19+,20?,21+/m1/s1. The number of hydrogen-bond acceptors (Lipinski definition) is 3. The highest BCUT2D eigenvalue weighted by molar-refractivity contribution is 5.80. The first-order valence-electron chi connectivity index (χ1n) is 9.58. The van der Waals surface area contributed by atoms with Crippen molar-refractivity contribution in [3.8, 4) is 5.75 Å². The molecule has 4 aliphatic carbocycles. The molecular formula is C21H25NO2. The average molecular weight is 323 g/mol. The maximum Gasteiger partial charge on any atom is 0.133 e. The minimum Gasteiger partial charge on any atom is -0.489 e. The maximum atomic E-state index is 12.5. The van der Waals surface area contributed by atoms with E-state index in [0.717, 1.165) is 25.1 Å². The summed E-state index contributed by atoms with van der Waals surface area (Å²) in [7, 11) is 2.30. The van der Waals surface area contributed by atoms with Crippen molar-refractivity contribution in [2.24, 2.45) is 17.3 Å². The summed E-state index contributed by atoms with van der Waals surface area (Å²) in [5.74, 6) is 2.16. The van der Waals surface area contributed by atoms with E-state index in [-0.39, 0.29) is 22.9 Å². The van der Waals surface area contributed by atoms with Gasteiger partial charge in [-0.15, -0.1) is 0 Å². The van der Waals surface area contributed by atoms with Crippen molar-refractivity contribution in [1.29, 1.82) is 0 Å². The fourth-order valence-electron chi connectivity index (χ4n) is 7.81. The molecule has 0 N–H and O–H groups in total. The predicted octanol–water partition coefficient (Wildman–Crippen LogP) is 2.95. The summed E-state index contributed by atoms with van der Waals surface area (Å²) in [5.41, 5.74) is 3.49. The number of rotatable bonds is 1. The van der Waals surface area contributed by atoms with E-state index in [1.54, 1.807) is 5.56 Å². The number of carbonyl (C=O) groups excluding carboxylic acids is 1. The Kier molecular flexibility index (Phi) is 2.35. The molecule has 24 heavy (non-hydrogen) atoms. The van der Waals surface area contributed by atoms with E-state index in [2.05, 4.69) is 30.1 Å². The molecule has 3 heteroatoms.